The van der Waals surface area contributed by atoms with Crippen LogP contribution >= 0.6 is 0 Å². The summed E-state index contributed by atoms with van der Waals surface area (Å²) in [6, 6.07) is -0.636. The number of hydrogen-bond acceptors (Lipinski definition) is 6. The van der Waals surface area contributed by atoms with Gasteiger partial charge in [0.25, 0.3) is 0 Å². The van der Waals surface area contributed by atoms with Crippen LogP contribution in [0, 0.1) is 0 Å². The summed E-state index contributed by atoms with van der Waals surface area (Å²) < 4.78 is 17.3. The quantitative estimate of drug-likeness (QED) is 0.0281. The van der Waals surface area contributed by atoms with Gasteiger partial charge in [0.2, 0.25) is 0 Å². The van der Waals surface area contributed by atoms with E-state index < -0.39 is 18.1 Å². The molecule has 1 N–H and O–H groups in total. The van der Waals surface area contributed by atoms with Gasteiger partial charge in [0.05, 0.1) is 34.4 Å². The summed E-state index contributed by atoms with van der Waals surface area (Å²) in [7, 11) is 5.50. The molecule has 0 heterocycles. The highest BCUT2D eigenvalue weighted by Gasteiger charge is 2.31. The number of aliphatic carboxylic acids is 1. The molecule has 0 saturated carbocycles. The molecular formula is C58H92NO7+. The lowest BCUT2D eigenvalue weighted by molar-refractivity contribution is -0.887. The van der Waals surface area contributed by atoms with Crippen LogP contribution in [0.3, 0.4) is 0 Å². The number of rotatable bonds is 43. The molecule has 2 atom stereocenters. The van der Waals surface area contributed by atoms with Gasteiger partial charge in [-0.25, -0.2) is 4.79 Å². The first-order valence-corrected chi connectivity index (χ1v) is 25.2. The highest BCUT2D eigenvalue weighted by atomic mass is 16.6. The largest absolute Gasteiger partial charge is 0.477 e. The Kier molecular flexibility index (Phi) is 43.8. The van der Waals surface area contributed by atoms with Crippen molar-refractivity contribution in [2.24, 2.45) is 0 Å². The van der Waals surface area contributed by atoms with E-state index >= 15 is 0 Å². The molecule has 66 heavy (non-hydrogen) atoms. The number of hydrogen-bond donors (Lipinski definition) is 1. The third-order valence-electron chi connectivity index (χ3n) is 10.3. The molecule has 0 spiro atoms. The molecule has 0 amide bonds. The smallest absolute Gasteiger partial charge is 0.362 e. The van der Waals surface area contributed by atoms with Gasteiger partial charge >= 0.3 is 17.9 Å². The number of carboxylic acid groups (broad SMARTS) is 1. The number of unbranched alkanes of at least 4 members (excludes halogenated alkanes) is 7. The molecule has 0 fully saturated rings. The zero-order valence-corrected chi connectivity index (χ0v) is 42.1. The SMILES string of the molecule is CC/C=C/C/C=C/C/C=C/C/C=C/C/C=C/C/C=C/C/C=C/CCCC(=O)OCC(COCCC(C(=O)O)[N+](C)(C)C)OC(=O)CCCCCCCC/C=C/C/C=C/C/C=C/C/C=C/CC. The summed E-state index contributed by atoms with van der Waals surface area (Å²) >= 11 is 0. The van der Waals surface area contributed by atoms with Crippen molar-refractivity contribution < 1.29 is 38.2 Å². The number of nitrogens with zero attached hydrogens (tertiary/aromatic N) is 1. The van der Waals surface area contributed by atoms with E-state index in [-0.39, 0.29) is 42.7 Å². The lowest BCUT2D eigenvalue weighted by atomic mass is 10.1. The maximum absolute atomic E-state index is 12.8. The van der Waals surface area contributed by atoms with Gasteiger partial charge in [-0.3, -0.25) is 9.59 Å². The molecule has 370 valence electrons. The summed E-state index contributed by atoms with van der Waals surface area (Å²) in [4.78, 5) is 37.1. The predicted octanol–water partition coefficient (Wildman–Crippen LogP) is 14.7. The van der Waals surface area contributed by atoms with E-state index in [1.807, 2.05) is 21.1 Å². The van der Waals surface area contributed by atoms with E-state index in [4.69, 9.17) is 14.2 Å². The second-order valence-electron chi connectivity index (χ2n) is 17.3. The van der Waals surface area contributed by atoms with Crippen LogP contribution in [0.25, 0.3) is 0 Å². The summed E-state index contributed by atoms with van der Waals surface area (Å²) in [6.45, 7) is 4.41. The molecule has 0 aromatic carbocycles. The molecule has 0 aliphatic carbocycles. The second kappa shape index (κ2) is 47.0. The van der Waals surface area contributed by atoms with Crippen LogP contribution < -0.4 is 0 Å². The molecule has 0 radical (unpaired) electrons. The van der Waals surface area contributed by atoms with E-state index in [0.717, 1.165) is 109 Å². The fraction of sp³-hybridized carbons (Fsp3) is 0.569. The van der Waals surface area contributed by atoms with E-state index in [2.05, 4.69) is 148 Å². The van der Waals surface area contributed by atoms with Crippen LogP contribution in [-0.4, -0.2) is 80.6 Å². The Morgan fingerprint density at radius 2 is 0.818 bits per heavy atom. The van der Waals surface area contributed by atoms with Crippen LogP contribution in [0.15, 0.2) is 134 Å². The first-order chi connectivity index (χ1) is 32.1. The minimum atomic E-state index is -0.891. The highest BCUT2D eigenvalue weighted by Crippen LogP contribution is 2.12. The third kappa shape index (κ3) is 44.7. The van der Waals surface area contributed by atoms with Crippen molar-refractivity contribution >= 4 is 17.9 Å². The fourth-order valence-electron chi connectivity index (χ4n) is 6.48. The Labute approximate surface area is 403 Å². The predicted molar refractivity (Wildman–Crippen MR) is 279 cm³/mol. The zero-order valence-electron chi connectivity index (χ0n) is 42.1. The topological polar surface area (TPSA) is 99.1 Å². The van der Waals surface area contributed by atoms with E-state index in [0.29, 0.717) is 19.3 Å². The van der Waals surface area contributed by atoms with Crippen molar-refractivity contribution in [3.63, 3.8) is 0 Å². The van der Waals surface area contributed by atoms with Crippen LogP contribution in [0.1, 0.15) is 162 Å². The molecule has 0 bridgehead atoms. The van der Waals surface area contributed by atoms with E-state index in [9.17, 15) is 19.5 Å². The summed E-state index contributed by atoms with van der Waals surface area (Å²) in [6.07, 6.45) is 67.9. The maximum atomic E-state index is 12.8. The highest BCUT2D eigenvalue weighted by molar-refractivity contribution is 5.72. The van der Waals surface area contributed by atoms with Crippen molar-refractivity contribution in [1.82, 2.24) is 0 Å². The number of carbonyl (C=O) groups is 3. The standard InChI is InChI=1S/C58H91NO7/c1-6-8-10-12-14-16-18-20-22-24-26-27-28-29-31-32-34-36-38-40-42-44-46-48-56(60)65-53-54(52-64-51-50-55(58(62)63)59(3,4)5)66-57(61)49-47-45-43-41-39-37-35-33-30-25-23-21-19-17-15-13-11-9-7-2/h8-11,14-17,20-23,26-27,29-31,33-34,36,40,42,54-55H,6-7,12-13,18-19,24-25,28,32,35,37-39,41,43-53H2,1-5H3/p+1/b10-8+,11-9+,16-14+,17-15+,22-20+,23-21+,27-26+,31-29+,33-30+,36-34+,42-40+. The number of esters is 2. The van der Waals surface area contributed by atoms with Crippen molar-refractivity contribution in [3.8, 4) is 0 Å². The van der Waals surface area contributed by atoms with Crippen LogP contribution in [0.4, 0.5) is 0 Å². The summed E-state index contributed by atoms with van der Waals surface area (Å²) in [5.41, 5.74) is 0. The lowest BCUT2D eigenvalue weighted by Gasteiger charge is -2.31. The first-order valence-electron chi connectivity index (χ1n) is 25.2. The molecule has 8 heteroatoms. The molecule has 0 aliphatic heterocycles. The minimum absolute atomic E-state index is 0.0269. The lowest BCUT2D eigenvalue weighted by Crippen LogP contribution is -2.50. The number of carbonyl (C=O) groups excluding carboxylic acids is 2. The molecule has 0 aliphatic rings. The molecular weight excluding hydrogens is 823 g/mol. The van der Waals surface area contributed by atoms with Gasteiger partial charge in [-0.05, 0) is 103 Å². The number of allylic oxidation sites excluding steroid dienone is 22. The third-order valence-corrected chi connectivity index (χ3v) is 10.3. The van der Waals surface area contributed by atoms with Gasteiger partial charge in [0.1, 0.15) is 6.61 Å². The molecule has 0 aromatic rings. The van der Waals surface area contributed by atoms with Crippen LogP contribution in [-0.2, 0) is 28.6 Å². The molecule has 0 saturated heterocycles. The molecule has 8 nitrogen and oxygen atoms in total. The molecule has 0 rings (SSSR count). The van der Waals surface area contributed by atoms with Crippen LogP contribution in [0.2, 0.25) is 0 Å². The zero-order chi connectivity index (χ0) is 48.4. The van der Waals surface area contributed by atoms with Crippen molar-refractivity contribution in [3.05, 3.63) is 134 Å². The normalized spacial score (nSPS) is 14.0. The summed E-state index contributed by atoms with van der Waals surface area (Å²) in [5, 5.41) is 9.65. The average Bonchev–Trinajstić information content (AvgIpc) is 3.28. The van der Waals surface area contributed by atoms with Gasteiger partial charge in [-0.1, -0.05) is 173 Å². The van der Waals surface area contributed by atoms with Crippen LogP contribution in [0.5, 0.6) is 0 Å². The van der Waals surface area contributed by atoms with Gasteiger partial charge in [-0.2, -0.15) is 0 Å². The van der Waals surface area contributed by atoms with Crippen molar-refractivity contribution in [2.45, 2.75) is 174 Å². The Bertz CT molecular complexity index is 1530. The Balaban J connectivity index is 4.43. The van der Waals surface area contributed by atoms with Gasteiger partial charge in [-0.15, -0.1) is 0 Å². The first kappa shape index (κ1) is 61.5. The average molecular weight is 915 g/mol. The number of ether oxygens (including phenoxy) is 3. The molecule has 0 aromatic heterocycles. The maximum Gasteiger partial charge on any atom is 0.362 e. The second-order valence-corrected chi connectivity index (χ2v) is 17.3. The number of carboxylic acids is 1. The monoisotopic (exact) mass is 915 g/mol. The molecule has 2 unspecified atom stereocenters. The van der Waals surface area contributed by atoms with Crippen molar-refractivity contribution in [2.75, 3.05) is 41.0 Å². The number of likely N-dealkylation sites (N-methyl/N-ethyl adjacent to an activating group) is 1. The van der Waals surface area contributed by atoms with E-state index in [1.54, 1.807) is 0 Å². The minimum Gasteiger partial charge on any atom is -0.477 e. The Hall–Kier alpha value is -4.53. The Morgan fingerprint density at radius 1 is 0.455 bits per heavy atom. The summed E-state index contributed by atoms with van der Waals surface area (Å²) in [5.74, 6) is -1.58. The van der Waals surface area contributed by atoms with Gasteiger partial charge in [0.15, 0.2) is 12.1 Å². The van der Waals surface area contributed by atoms with Gasteiger partial charge < -0.3 is 23.8 Å². The number of quaternary nitrogens is 1. The fourth-order valence-corrected chi connectivity index (χ4v) is 6.48. The van der Waals surface area contributed by atoms with Gasteiger partial charge in [0, 0.05) is 19.3 Å². The Morgan fingerprint density at radius 3 is 1.23 bits per heavy atom. The van der Waals surface area contributed by atoms with Crippen molar-refractivity contribution in [1.29, 1.82) is 0 Å². The van der Waals surface area contributed by atoms with E-state index in [1.165, 1.54) is 12.8 Å².